The van der Waals surface area contributed by atoms with Gasteiger partial charge >= 0.3 is 0 Å². The van der Waals surface area contributed by atoms with Crippen molar-refractivity contribution in [3.05, 3.63) is 45.4 Å². The van der Waals surface area contributed by atoms with Crippen molar-refractivity contribution in [3.63, 3.8) is 0 Å². The third-order valence-electron chi connectivity index (χ3n) is 3.32. The van der Waals surface area contributed by atoms with Crippen molar-refractivity contribution in [2.45, 2.75) is 40.0 Å². The maximum absolute atomic E-state index is 13.9. The van der Waals surface area contributed by atoms with E-state index in [1.54, 1.807) is 12.1 Å². The zero-order valence-corrected chi connectivity index (χ0v) is 13.8. The Morgan fingerprint density at radius 2 is 2.14 bits per heavy atom. The normalized spacial score (nSPS) is 10.9. The summed E-state index contributed by atoms with van der Waals surface area (Å²) in [4.78, 5) is 0. The molecule has 0 saturated heterocycles. The summed E-state index contributed by atoms with van der Waals surface area (Å²) in [6.07, 6.45) is 0.828. The van der Waals surface area contributed by atoms with Crippen molar-refractivity contribution in [3.8, 4) is 5.75 Å². The van der Waals surface area contributed by atoms with Crippen molar-refractivity contribution in [2.75, 3.05) is 0 Å². The Balaban J connectivity index is 2.26. The molecule has 2 N–H and O–H groups in total. The molecule has 21 heavy (non-hydrogen) atoms. The van der Waals surface area contributed by atoms with Gasteiger partial charge in [-0.15, -0.1) is 0 Å². The highest BCUT2D eigenvalue weighted by molar-refractivity contribution is 9.10. The zero-order valence-electron chi connectivity index (χ0n) is 12.2. The summed E-state index contributed by atoms with van der Waals surface area (Å²) in [5.41, 5.74) is 8.16. The predicted octanol–water partition coefficient (Wildman–Crippen LogP) is 3.40. The lowest BCUT2D eigenvalue weighted by atomic mass is 10.2. The molecule has 0 atom stereocenters. The first-order valence-electron chi connectivity index (χ1n) is 6.96. The Bertz CT molecular complexity index is 628. The molecule has 114 valence electrons. The van der Waals surface area contributed by atoms with Gasteiger partial charge in [0.2, 0.25) is 0 Å². The molecule has 0 amide bonds. The van der Waals surface area contributed by atoms with Crippen LogP contribution in [0.2, 0.25) is 0 Å². The summed E-state index contributed by atoms with van der Waals surface area (Å²) >= 11 is 3.55. The molecule has 1 aromatic heterocycles. The summed E-state index contributed by atoms with van der Waals surface area (Å²) in [5, 5.41) is 4.50. The molecule has 0 aliphatic carbocycles. The molecule has 1 heterocycles. The van der Waals surface area contributed by atoms with Crippen LogP contribution in [0.1, 0.15) is 30.8 Å². The second-order valence-corrected chi connectivity index (χ2v) is 5.39. The van der Waals surface area contributed by atoms with Gasteiger partial charge in [0, 0.05) is 18.7 Å². The fourth-order valence-corrected chi connectivity index (χ4v) is 2.85. The Kier molecular flexibility index (Phi) is 5.36. The molecule has 0 spiro atoms. The number of halogens is 2. The summed E-state index contributed by atoms with van der Waals surface area (Å²) in [6.45, 7) is 5.27. The molecule has 0 radical (unpaired) electrons. The van der Waals surface area contributed by atoms with Gasteiger partial charge in [-0.2, -0.15) is 5.10 Å². The van der Waals surface area contributed by atoms with E-state index in [4.69, 9.17) is 10.5 Å². The maximum atomic E-state index is 13.9. The first kappa shape index (κ1) is 16.0. The van der Waals surface area contributed by atoms with Crippen molar-refractivity contribution < 1.29 is 9.13 Å². The fourth-order valence-electron chi connectivity index (χ4n) is 2.17. The minimum Gasteiger partial charge on any atom is -0.484 e. The Morgan fingerprint density at radius 3 is 2.76 bits per heavy atom. The van der Waals surface area contributed by atoms with Crippen LogP contribution in [0.3, 0.4) is 0 Å². The van der Waals surface area contributed by atoms with E-state index in [0.717, 1.165) is 28.8 Å². The van der Waals surface area contributed by atoms with Crippen LogP contribution in [0.15, 0.2) is 22.7 Å². The smallest absolute Gasteiger partial charge is 0.165 e. The highest BCUT2D eigenvalue weighted by Crippen LogP contribution is 2.27. The molecular formula is C15H19BrFN3O. The van der Waals surface area contributed by atoms with Crippen molar-refractivity contribution in [2.24, 2.45) is 5.73 Å². The van der Waals surface area contributed by atoms with E-state index in [2.05, 4.69) is 21.0 Å². The highest BCUT2D eigenvalue weighted by Gasteiger charge is 2.16. The third kappa shape index (κ3) is 3.27. The predicted molar refractivity (Wildman–Crippen MR) is 83.6 cm³/mol. The van der Waals surface area contributed by atoms with Gasteiger partial charge in [0.05, 0.1) is 15.9 Å². The van der Waals surface area contributed by atoms with Crippen LogP contribution in [0.5, 0.6) is 5.75 Å². The number of para-hydroxylation sites is 1. The molecule has 2 aromatic rings. The SMILES string of the molecule is CCc1nn(CC)c(COc2c(F)cccc2CN)c1Br. The fraction of sp³-hybridized carbons (Fsp3) is 0.400. The van der Waals surface area contributed by atoms with Gasteiger partial charge in [-0.05, 0) is 35.3 Å². The van der Waals surface area contributed by atoms with E-state index in [0.29, 0.717) is 5.56 Å². The van der Waals surface area contributed by atoms with Gasteiger partial charge in [0.1, 0.15) is 6.61 Å². The largest absolute Gasteiger partial charge is 0.484 e. The third-order valence-corrected chi connectivity index (χ3v) is 4.23. The van der Waals surface area contributed by atoms with E-state index in [1.165, 1.54) is 6.07 Å². The summed E-state index contributed by atoms with van der Waals surface area (Å²) < 4.78 is 22.4. The maximum Gasteiger partial charge on any atom is 0.165 e. The standard InChI is InChI=1S/C15H19BrFN3O/c1-3-12-14(16)13(20(4-2)19-12)9-21-15-10(8-18)6-5-7-11(15)17/h5-7H,3-4,8-9,18H2,1-2H3. The lowest BCUT2D eigenvalue weighted by Gasteiger charge is -2.12. The van der Waals surface area contributed by atoms with Gasteiger partial charge in [-0.3, -0.25) is 4.68 Å². The average molecular weight is 356 g/mol. The Hall–Kier alpha value is -1.40. The summed E-state index contributed by atoms with van der Waals surface area (Å²) in [7, 11) is 0. The van der Waals surface area contributed by atoms with Gasteiger partial charge in [0.25, 0.3) is 0 Å². The number of aryl methyl sites for hydroxylation is 2. The summed E-state index contributed by atoms with van der Waals surface area (Å²) in [5.74, 6) is -0.179. The first-order chi connectivity index (χ1) is 10.1. The van der Waals surface area contributed by atoms with Crippen LogP contribution in [0.4, 0.5) is 4.39 Å². The molecule has 0 saturated carbocycles. The number of ether oxygens (including phenoxy) is 1. The molecule has 2 rings (SSSR count). The molecule has 6 heteroatoms. The molecule has 1 aromatic carbocycles. The van der Waals surface area contributed by atoms with E-state index < -0.39 is 5.82 Å². The van der Waals surface area contributed by atoms with Crippen molar-refractivity contribution in [1.82, 2.24) is 9.78 Å². The van der Waals surface area contributed by atoms with Gasteiger partial charge < -0.3 is 10.5 Å². The number of rotatable bonds is 6. The second-order valence-electron chi connectivity index (χ2n) is 4.60. The molecular weight excluding hydrogens is 337 g/mol. The number of hydrogen-bond acceptors (Lipinski definition) is 3. The lowest BCUT2D eigenvalue weighted by molar-refractivity contribution is 0.274. The van der Waals surface area contributed by atoms with Crippen LogP contribution in [-0.4, -0.2) is 9.78 Å². The number of hydrogen-bond donors (Lipinski definition) is 1. The zero-order chi connectivity index (χ0) is 15.4. The minimum atomic E-state index is -0.396. The van der Waals surface area contributed by atoms with Crippen molar-refractivity contribution in [1.29, 1.82) is 0 Å². The van der Waals surface area contributed by atoms with Crippen LogP contribution >= 0.6 is 15.9 Å². The highest BCUT2D eigenvalue weighted by atomic mass is 79.9. The number of nitrogens with zero attached hydrogens (tertiary/aromatic N) is 2. The Labute approximate surface area is 132 Å². The van der Waals surface area contributed by atoms with Crippen LogP contribution in [0, 0.1) is 5.82 Å². The molecule has 0 fully saturated rings. The monoisotopic (exact) mass is 355 g/mol. The van der Waals surface area contributed by atoms with Crippen LogP contribution in [-0.2, 0) is 26.1 Å². The lowest BCUT2D eigenvalue weighted by Crippen LogP contribution is -2.09. The summed E-state index contributed by atoms with van der Waals surface area (Å²) in [6, 6.07) is 4.77. The minimum absolute atomic E-state index is 0.216. The number of benzene rings is 1. The van der Waals surface area contributed by atoms with Gasteiger partial charge in [-0.25, -0.2) is 4.39 Å². The van der Waals surface area contributed by atoms with E-state index >= 15 is 0 Å². The topological polar surface area (TPSA) is 53.1 Å². The Morgan fingerprint density at radius 1 is 1.38 bits per heavy atom. The number of nitrogens with two attached hydrogens (primary N) is 1. The van der Waals surface area contributed by atoms with E-state index in [9.17, 15) is 4.39 Å². The van der Waals surface area contributed by atoms with Crippen molar-refractivity contribution >= 4 is 15.9 Å². The molecule has 0 bridgehead atoms. The average Bonchev–Trinajstić information content (AvgIpc) is 2.81. The van der Waals surface area contributed by atoms with Gasteiger partial charge in [0.15, 0.2) is 11.6 Å². The van der Waals surface area contributed by atoms with E-state index in [-0.39, 0.29) is 18.9 Å². The quantitative estimate of drug-likeness (QED) is 0.863. The first-order valence-corrected chi connectivity index (χ1v) is 7.75. The van der Waals surface area contributed by atoms with Crippen LogP contribution < -0.4 is 10.5 Å². The van der Waals surface area contributed by atoms with Crippen LogP contribution in [0.25, 0.3) is 0 Å². The second kappa shape index (κ2) is 7.04. The molecule has 0 aliphatic rings. The van der Waals surface area contributed by atoms with E-state index in [1.807, 2.05) is 18.5 Å². The van der Waals surface area contributed by atoms with Gasteiger partial charge in [-0.1, -0.05) is 19.1 Å². The molecule has 0 aliphatic heterocycles. The number of aromatic nitrogens is 2. The molecule has 4 nitrogen and oxygen atoms in total. The molecule has 0 unspecified atom stereocenters.